The molecule has 4 aromatic rings. The summed E-state index contributed by atoms with van der Waals surface area (Å²) in [4.78, 5) is 31.6. The number of hydrogen-bond donors (Lipinski definition) is 3. The molecule has 12 nitrogen and oxygen atoms in total. The number of benzene rings is 1. The molecule has 1 fully saturated rings. The minimum Gasteiger partial charge on any atom is -0.380 e. The number of carbonyl (C=O) groups is 2. The average Bonchev–Trinajstić information content (AvgIpc) is 3.48. The number of amides is 2. The molecule has 1 saturated heterocycles. The van der Waals surface area contributed by atoms with Crippen LogP contribution in [0.2, 0.25) is 5.02 Å². The zero-order valence-electron chi connectivity index (χ0n) is 18.4. The molecule has 0 bridgehead atoms. The number of fused-ring (bicyclic) bond motifs is 1. The van der Waals surface area contributed by atoms with Crippen molar-refractivity contribution in [2.45, 2.75) is 18.6 Å². The molecule has 35 heavy (non-hydrogen) atoms. The number of nitrogens with two attached hydrogens (primary N) is 1. The molecular formula is C22H20ClN7O5. The number of halogens is 1. The van der Waals surface area contributed by atoms with Crippen molar-refractivity contribution in [1.29, 1.82) is 0 Å². The molecule has 2 amide bonds. The van der Waals surface area contributed by atoms with Crippen LogP contribution in [0.25, 0.3) is 16.7 Å². The molecule has 1 aromatic carbocycles. The average molecular weight is 498 g/mol. The fourth-order valence-corrected chi connectivity index (χ4v) is 4.18. The Morgan fingerprint density at radius 2 is 2.09 bits per heavy atom. The summed E-state index contributed by atoms with van der Waals surface area (Å²) in [5.74, 6) is -1.01. The highest BCUT2D eigenvalue weighted by Crippen LogP contribution is 2.33. The number of nitrogens with zero attached hydrogens (tertiary/aromatic N) is 5. The maximum atomic E-state index is 13.4. The topological polar surface area (TPSA) is 162 Å². The second-order valence-electron chi connectivity index (χ2n) is 8.03. The van der Waals surface area contributed by atoms with Gasteiger partial charge in [-0.2, -0.15) is 0 Å². The number of carbonyl (C=O) groups excluding carboxylic acids is 2. The van der Waals surface area contributed by atoms with Crippen molar-refractivity contribution < 1.29 is 24.0 Å². The third-order valence-electron chi connectivity index (χ3n) is 5.76. The molecular weight excluding hydrogens is 478 g/mol. The Bertz CT molecular complexity index is 1420. The van der Waals surface area contributed by atoms with Crippen LogP contribution in [-0.2, 0) is 14.3 Å². The Kier molecular flexibility index (Phi) is 5.63. The first kappa shape index (κ1) is 22.8. The van der Waals surface area contributed by atoms with E-state index in [0.29, 0.717) is 11.2 Å². The number of hydrogen-bond acceptors (Lipinski definition) is 9. The Hall–Kier alpha value is -4.00. The van der Waals surface area contributed by atoms with Crippen LogP contribution in [-0.4, -0.2) is 61.7 Å². The quantitative estimate of drug-likeness (QED) is 0.373. The van der Waals surface area contributed by atoms with Crippen LogP contribution in [0.15, 0.2) is 53.4 Å². The normalized spacial score (nSPS) is 19.2. The van der Waals surface area contributed by atoms with Crippen LogP contribution in [0.4, 0.5) is 17.3 Å². The van der Waals surface area contributed by atoms with Crippen molar-refractivity contribution in [3.8, 4) is 5.69 Å². The molecule has 4 heterocycles. The van der Waals surface area contributed by atoms with Crippen LogP contribution in [0, 0.1) is 0 Å². The number of ether oxygens (including phenoxy) is 1. The highest BCUT2D eigenvalue weighted by molar-refractivity contribution is 6.36. The molecule has 0 aliphatic carbocycles. The highest BCUT2D eigenvalue weighted by Gasteiger charge is 2.51. The Morgan fingerprint density at radius 3 is 2.86 bits per heavy atom. The second-order valence-corrected chi connectivity index (χ2v) is 8.43. The van der Waals surface area contributed by atoms with E-state index in [9.17, 15) is 14.7 Å². The van der Waals surface area contributed by atoms with Gasteiger partial charge in [-0.3, -0.25) is 19.5 Å². The van der Waals surface area contributed by atoms with E-state index in [1.165, 1.54) is 24.0 Å². The van der Waals surface area contributed by atoms with Gasteiger partial charge in [-0.1, -0.05) is 16.8 Å². The lowest BCUT2D eigenvalue weighted by molar-refractivity contribution is -0.170. The Morgan fingerprint density at radius 1 is 1.31 bits per heavy atom. The van der Waals surface area contributed by atoms with Gasteiger partial charge in [0.25, 0.3) is 11.8 Å². The first-order chi connectivity index (χ1) is 16.8. The van der Waals surface area contributed by atoms with Gasteiger partial charge in [-0.15, -0.1) is 5.10 Å². The lowest BCUT2D eigenvalue weighted by atomic mass is 9.94. The van der Waals surface area contributed by atoms with Crippen molar-refractivity contribution in [1.82, 2.24) is 19.9 Å². The number of nitrogen functional groups attached to an aromatic ring is 1. The number of anilines is 3. The minimum absolute atomic E-state index is 0.0871. The van der Waals surface area contributed by atoms with E-state index in [4.69, 9.17) is 26.6 Å². The molecule has 0 spiro atoms. The van der Waals surface area contributed by atoms with Crippen LogP contribution in [0.5, 0.6) is 0 Å². The Balaban J connectivity index is 1.35. The maximum absolute atomic E-state index is 13.4. The largest absolute Gasteiger partial charge is 0.380 e. The summed E-state index contributed by atoms with van der Waals surface area (Å²) in [5, 5.41) is 22.1. The predicted molar refractivity (Wildman–Crippen MR) is 126 cm³/mol. The van der Waals surface area contributed by atoms with Crippen LogP contribution in [0.1, 0.15) is 6.92 Å². The first-order valence-corrected chi connectivity index (χ1v) is 10.9. The van der Waals surface area contributed by atoms with Gasteiger partial charge in [-0.05, 0) is 25.1 Å². The van der Waals surface area contributed by atoms with E-state index < -0.39 is 23.5 Å². The van der Waals surface area contributed by atoms with E-state index in [1.807, 2.05) is 0 Å². The zero-order valence-corrected chi connectivity index (χ0v) is 19.1. The van der Waals surface area contributed by atoms with Gasteiger partial charge in [0.15, 0.2) is 28.9 Å². The number of aliphatic hydroxyl groups is 1. The number of aromatic nitrogens is 4. The van der Waals surface area contributed by atoms with E-state index in [2.05, 4.69) is 20.6 Å². The molecule has 2 atom stereocenters. The fourth-order valence-electron chi connectivity index (χ4n) is 3.87. The summed E-state index contributed by atoms with van der Waals surface area (Å²) in [6, 6.07) is 8.10. The van der Waals surface area contributed by atoms with E-state index in [0.717, 1.165) is 5.69 Å². The van der Waals surface area contributed by atoms with Crippen molar-refractivity contribution >= 4 is 51.7 Å². The molecule has 2 unspecified atom stereocenters. The molecule has 13 heteroatoms. The van der Waals surface area contributed by atoms with Crippen LogP contribution >= 0.6 is 11.6 Å². The standard InChI is InChI=1S/C22H20ClN7O5/c1-22(18(31)20(32)26-12-10-14(23)17-15(11-12)35-28-19(17)24)21(33)29(8-9-34-22)16-4-7-30(27-16)13-2-5-25-6-3-13/h2-7,10-11,18,31H,8-9H2,1H3,(H2,24,28)(H,26,32). The van der Waals surface area contributed by atoms with Gasteiger partial charge in [0.1, 0.15) is 0 Å². The van der Waals surface area contributed by atoms with Crippen molar-refractivity contribution in [3.63, 3.8) is 0 Å². The van der Waals surface area contributed by atoms with E-state index in [-0.39, 0.29) is 35.3 Å². The molecule has 0 radical (unpaired) electrons. The summed E-state index contributed by atoms with van der Waals surface area (Å²) in [7, 11) is 0. The van der Waals surface area contributed by atoms with Crippen LogP contribution < -0.4 is 16.0 Å². The summed E-state index contributed by atoms with van der Waals surface area (Å²) in [6.07, 6.45) is 3.12. The Labute approximate surface area is 203 Å². The third kappa shape index (κ3) is 3.97. The highest BCUT2D eigenvalue weighted by atomic mass is 35.5. The van der Waals surface area contributed by atoms with Gasteiger partial charge < -0.3 is 25.4 Å². The minimum atomic E-state index is -1.85. The second kappa shape index (κ2) is 8.65. The molecule has 5 rings (SSSR count). The SMILES string of the molecule is CC1(C(O)C(=O)Nc2cc(Cl)c3c(N)noc3c2)OCCN(c2ccn(-c3ccncc3)n2)C1=O. The molecule has 3 aromatic heterocycles. The number of pyridine rings is 1. The summed E-state index contributed by atoms with van der Waals surface area (Å²) in [5.41, 5.74) is 5.11. The maximum Gasteiger partial charge on any atom is 0.263 e. The van der Waals surface area contributed by atoms with Crippen LogP contribution in [0.3, 0.4) is 0 Å². The van der Waals surface area contributed by atoms with Gasteiger partial charge in [-0.25, -0.2) is 4.68 Å². The molecule has 1 aliphatic rings. The van der Waals surface area contributed by atoms with Gasteiger partial charge in [0, 0.05) is 36.4 Å². The summed E-state index contributed by atoms with van der Waals surface area (Å²) in [6.45, 7) is 1.65. The molecule has 0 saturated carbocycles. The number of nitrogens with one attached hydrogen (secondary N) is 1. The van der Waals surface area contributed by atoms with Gasteiger partial charge in [0.05, 0.1) is 29.2 Å². The van der Waals surface area contributed by atoms with Crippen molar-refractivity contribution in [2.75, 3.05) is 29.1 Å². The molecule has 180 valence electrons. The number of aliphatic hydroxyl groups excluding tert-OH is 1. The van der Waals surface area contributed by atoms with E-state index in [1.54, 1.807) is 41.5 Å². The summed E-state index contributed by atoms with van der Waals surface area (Å²) < 4.78 is 12.3. The van der Waals surface area contributed by atoms with Crippen molar-refractivity contribution in [2.24, 2.45) is 0 Å². The van der Waals surface area contributed by atoms with Crippen molar-refractivity contribution in [3.05, 3.63) is 53.9 Å². The third-order valence-corrected chi connectivity index (χ3v) is 6.05. The van der Waals surface area contributed by atoms with Gasteiger partial charge in [0.2, 0.25) is 0 Å². The zero-order chi connectivity index (χ0) is 24.7. The van der Waals surface area contributed by atoms with E-state index >= 15 is 0 Å². The molecule has 4 N–H and O–H groups in total. The number of morpholine rings is 1. The smallest absolute Gasteiger partial charge is 0.263 e. The van der Waals surface area contributed by atoms with Gasteiger partial charge >= 0.3 is 0 Å². The molecule has 1 aliphatic heterocycles. The number of rotatable bonds is 5. The first-order valence-electron chi connectivity index (χ1n) is 10.5. The lowest BCUT2D eigenvalue weighted by Crippen LogP contribution is -2.63. The summed E-state index contributed by atoms with van der Waals surface area (Å²) >= 11 is 6.21. The fraction of sp³-hybridized carbons (Fsp3) is 0.227. The monoisotopic (exact) mass is 497 g/mol. The lowest BCUT2D eigenvalue weighted by Gasteiger charge is -2.40. The predicted octanol–water partition coefficient (Wildman–Crippen LogP) is 1.77.